The number of ether oxygens (including phenoxy) is 2. The summed E-state index contributed by atoms with van der Waals surface area (Å²) in [5, 5.41) is 0. The molecular formula is C28H52NO5P. The van der Waals surface area contributed by atoms with Crippen molar-refractivity contribution in [2.24, 2.45) is 0 Å². The van der Waals surface area contributed by atoms with E-state index in [9.17, 15) is 4.89 Å². The maximum Gasteiger partial charge on any atom is 0.329 e. The summed E-state index contributed by atoms with van der Waals surface area (Å²) in [4.78, 5) is 11.8. The predicted molar refractivity (Wildman–Crippen MR) is 147 cm³/mol. The molecule has 0 saturated heterocycles. The van der Waals surface area contributed by atoms with Crippen molar-refractivity contribution in [2.75, 3.05) is 47.6 Å². The Bertz CT molecular complexity index is 587. The lowest BCUT2D eigenvalue weighted by atomic mass is 10.0. The van der Waals surface area contributed by atoms with Gasteiger partial charge in [0.05, 0.1) is 13.2 Å². The Balaban J connectivity index is 2.08. The van der Waals surface area contributed by atoms with Crippen LogP contribution in [0.5, 0.6) is 5.75 Å². The monoisotopic (exact) mass is 513 g/mol. The third kappa shape index (κ3) is 19.1. The van der Waals surface area contributed by atoms with E-state index in [-0.39, 0.29) is 12.7 Å². The molecule has 35 heavy (non-hydrogen) atoms. The lowest BCUT2D eigenvalue weighted by Gasteiger charge is -2.18. The largest absolute Gasteiger partial charge is 0.491 e. The number of unbranched alkanes of at least 4 members (excludes halogenated alkanes) is 11. The Morgan fingerprint density at radius 3 is 1.91 bits per heavy atom. The summed E-state index contributed by atoms with van der Waals surface area (Å²) in [7, 11) is 3.62. The van der Waals surface area contributed by atoms with E-state index in [1.54, 1.807) is 7.11 Å². The summed E-state index contributed by atoms with van der Waals surface area (Å²) in [6, 6.07) is 8.34. The van der Waals surface area contributed by atoms with E-state index in [0.717, 1.165) is 18.7 Å². The third-order valence-corrected chi connectivity index (χ3v) is 6.90. The third-order valence-electron chi connectivity index (χ3n) is 6.12. The van der Waals surface area contributed by atoms with Gasteiger partial charge in [0, 0.05) is 13.7 Å². The first kappa shape index (κ1) is 32.3. The van der Waals surface area contributed by atoms with Crippen LogP contribution in [0.3, 0.4) is 0 Å². The van der Waals surface area contributed by atoms with Crippen molar-refractivity contribution >= 4 is 8.60 Å². The lowest BCUT2D eigenvalue weighted by Crippen LogP contribution is -2.25. The van der Waals surface area contributed by atoms with Gasteiger partial charge in [-0.15, -0.1) is 0 Å². The molecule has 0 amide bonds. The number of hydrogen-bond acceptors (Lipinski definition) is 6. The number of aryl methyl sites for hydroxylation is 1. The molecule has 0 radical (unpaired) electrons. The van der Waals surface area contributed by atoms with Gasteiger partial charge in [-0.1, -0.05) is 89.7 Å². The van der Waals surface area contributed by atoms with Crippen molar-refractivity contribution in [2.45, 2.75) is 96.5 Å². The number of rotatable bonds is 24. The highest BCUT2D eigenvalue weighted by Crippen LogP contribution is 2.32. The molecule has 6 nitrogen and oxygen atoms in total. The second-order valence-corrected chi connectivity index (χ2v) is 10.6. The Labute approximate surface area is 216 Å². The fourth-order valence-electron chi connectivity index (χ4n) is 3.78. The van der Waals surface area contributed by atoms with Crippen molar-refractivity contribution in [3.05, 3.63) is 29.8 Å². The molecule has 2 atom stereocenters. The summed E-state index contributed by atoms with van der Waals surface area (Å²) in [6.45, 7) is 4.01. The number of methoxy groups -OCH3 is 1. The smallest absolute Gasteiger partial charge is 0.329 e. The quantitative estimate of drug-likeness (QED) is 0.117. The number of benzene rings is 1. The van der Waals surface area contributed by atoms with Crippen LogP contribution in [0, 0.1) is 0 Å². The van der Waals surface area contributed by atoms with Gasteiger partial charge in [-0.25, -0.2) is 0 Å². The average molecular weight is 514 g/mol. The van der Waals surface area contributed by atoms with E-state index in [1.807, 2.05) is 31.1 Å². The van der Waals surface area contributed by atoms with E-state index in [0.29, 0.717) is 13.2 Å². The number of nitrogens with zero attached hydrogens (tertiary/aromatic N) is 1. The molecule has 1 aromatic carbocycles. The number of hydrogen-bond donors (Lipinski definition) is 1. The molecule has 0 saturated carbocycles. The highest BCUT2D eigenvalue weighted by Gasteiger charge is 2.14. The van der Waals surface area contributed by atoms with Gasteiger partial charge in [-0.2, -0.15) is 0 Å². The highest BCUT2D eigenvalue weighted by molar-refractivity contribution is 7.40. The lowest BCUT2D eigenvalue weighted by molar-refractivity contribution is 0.0180. The molecule has 0 aliphatic rings. The van der Waals surface area contributed by atoms with Crippen LogP contribution >= 0.6 is 8.60 Å². The molecule has 0 spiro atoms. The molecule has 204 valence electrons. The summed E-state index contributed by atoms with van der Waals surface area (Å²) in [6.07, 6.45) is 17.4. The molecule has 0 bridgehead atoms. The van der Waals surface area contributed by atoms with E-state index in [4.69, 9.17) is 18.5 Å². The SMILES string of the molecule is CCCCCCCCCCCCCCc1ccc(OCC(COP(O)OCCN(C)C)OC)cc1. The Morgan fingerprint density at radius 2 is 1.37 bits per heavy atom. The van der Waals surface area contributed by atoms with Crippen LogP contribution in [0.2, 0.25) is 0 Å². The molecule has 0 aliphatic heterocycles. The zero-order chi connectivity index (χ0) is 25.6. The minimum Gasteiger partial charge on any atom is -0.491 e. The second-order valence-electron chi connectivity index (χ2n) is 9.62. The second kappa shape index (κ2) is 22.4. The normalized spacial score (nSPS) is 13.3. The molecule has 1 rings (SSSR count). The van der Waals surface area contributed by atoms with E-state index >= 15 is 0 Å². The summed E-state index contributed by atoms with van der Waals surface area (Å²) in [5.41, 5.74) is 1.36. The first-order valence-corrected chi connectivity index (χ1v) is 14.8. The summed E-state index contributed by atoms with van der Waals surface area (Å²) >= 11 is 0. The van der Waals surface area contributed by atoms with Crippen molar-refractivity contribution in [1.29, 1.82) is 0 Å². The minimum atomic E-state index is -1.90. The summed E-state index contributed by atoms with van der Waals surface area (Å²) in [5.74, 6) is 0.819. The number of likely N-dealkylation sites (N-methyl/N-ethyl adjacent to an activating group) is 1. The van der Waals surface area contributed by atoms with E-state index in [1.165, 1.54) is 82.6 Å². The van der Waals surface area contributed by atoms with Gasteiger partial charge in [0.1, 0.15) is 18.5 Å². The Hall–Kier alpha value is -0.750. The topological polar surface area (TPSA) is 60.4 Å². The molecule has 0 aromatic heterocycles. The Kier molecular flexibility index (Phi) is 20.7. The fraction of sp³-hybridized carbons (Fsp3) is 0.786. The maximum atomic E-state index is 9.81. The van der Waals surface area contributed by atoms with Crippen molar-refractivity contribution in [1.82, 2.24) is 4.90 Å². The first-order chi connectivity index (χ1) is 17.0. The molecule has 0 heterocycles. The van der Waals surface area contributed by atoms with E-state index < -0.39 is 8.60 Å². The predicted octanol–water partition coefficient (Wildman–Crippen LogP) is 7.14. The van der Waals surface area contributed by atoms with Gasteiger partial charge >= 0.3 is 8.60 Å². The van der Waals surface area contributed by atoms with Gasteiger partial charge < -0.3 is 28.3 Å². The zero-order valence-electron chi connectivity index (χ0n) is 22.9. The molecule has 7 heteroatoms. The molecule has 1 N–H and O–H groups in total. The van der Waals surface area contributed by atoms with Gasteiger partial charge in [0.2, 0.25) is 0 Å². The average Bonchev–Trinajstić information content (AvgIpc) is 2.85. The van der Waals surface area contributed by atoms with Crippen molar-refractivity contribution in [3.8, 4) is 5.75 Å². The van der Waals surface area contributed by atoms with Gasteiger partial charge in [0.25, 0.3) is 0 Å². The van der Waals surface area contributed by atoms with Gasteiger partial charge in [0.15, 0.2) is 0 Å². The highest BCUT2D eigenvalue weighted by atomic mass is 31.2. The Morgan fingerprint density at radius 1 is 0.800 bits per heavy atom. The van der Waals surface area contributed by atoms with Crippen molar-refractivity contribution < 1.29 is 23.4 Å². The molecule has 0 aliphatic carbocycles. The molecule has 1 aromatic rings. The fourth-order valence-corrected chi connectivity index (χ4v) is 4.39. The van der Waals surface area contributed by atoms with Gasteiger partial charge in [-0.3, -0.25) is 0 Å². The van der Waals surface area contributed by atoms with Crippen LogP contribution in [0.1, 0.15) is 89.5 Å². The van der Waals surface area contributed by atoms with Crippen LogP contribution in [0.4, 0.5) is 0 Å². The van der Waals surface area contributed by atoms with Crippen LogP contribution in [0.15, 0.2) is 24.3 Å². The standard InChI is InChI=1S/C28H52NO5P/c1-5-6-7-8-9-10-11-12-13-14-15-16-17-26-18-20-27(21-19-26)32-24-28(31-4)25-34-35(30)33-23-22-29(2)3/h18-21,28,30H,5-17,22-25H2,1-4H3. The van der Waals surface area contributed by atoms with Crippen LogP contribution in [-0.2, 0) is 20.2 Å². The maximum absolute atomic E-state index is 9.81. The van der Waals surface area contributed by atoms with Crippen LogP contribution in [-0.4, -0.2) is 63.5 Å². The minimum absolute atomic E-state index is 0.220. The molecular weight excluding hydrogens is 461 g/mol. The molecule has 0 fully saturated rings. The zero-order valence-corrected chi connectivity index (χ0v) is 23.8. The summed E-state index contributed by atoms with van der Waals surface area (Å²) < 4.78 is 21.9. The van der Waals surface area contributed by atoms with Gasteiger partial charge in [-0.05, 0) is 44.6 Å². The molecule has 2 unspecified atom stereocenters. The van der Waals surface area contributed by atoms with Crippen molar-refractivity contribution in [3.63, 3.8) is 0 Å². The van der Waals surface area contributed by atoms with E-state index in [2.05, 4.69) is 19.1 Å². The van der Waals surface area contributed by atoms with Crippen LogP contribution < -0.4 is 4.74 Å². The van der Waals surface area contributed by atoms with Crippen LogP contribution in [0.25, 0.3) is 0 Å². The first-order valence-electron chi connectivity index (χ1n) is 13.7.